The number of nitrogens with zero attached hydrogens (tertiary/aromatic N) is 2. The summed E-state index contributed by atoms with van der Waals surface area (Å²) in [7, 11) is 0. The van der Waals surface area contributed by atoms with Gasteiger partial charge in [0.2, 0.25) is 0 Å². The lowest BCUT2D eigenvalue weighted by Crippen LogP contribution is -2.52. The first-order valence-electron chi connectivity index (χ1n) is 6.48. The van der Waals surface area contributed by atoms with E-state index in [-0.39, 0.29) is 5.54 Å². The first-order valence-corrected chi connectivity index (χ1v) is 6.48. The zero-order valence-corrected chi connectivity index (χ0v) is 10.9. The zero-order valence-electron chi connectivity index (χ0n) is 10.9. The molecule has 1 aliphatic heterocycles. The van der Waals surface area contributed by atoms with Gasteiger partial charge >= 0.3 is 0 Å². The van der Waals surface area contributed by atoms with Crippen LogP contribution in [-0.4, -0.2) is 36.6 Å². The third-order valence-corrected chi connectivity index (χ3v) is 3.43. The van der Waals surface area contributed by atoms with E-state index >= 15 is 0 Å². The molecule has 16 heavy (non-hydrogen) atoms. The Balaban J connectivity index is 2.41. The molecule has 3 heteroatoms. The Morgan fingerprint density at radius 1 is 1.44 bits per heavy atom. The Kier molecular flexibility index (Phi) is 5.24. The molecule has 3 nitrogen and oxygen atoms in total. The minimum atomic E-state index is -0.378. The van der Waals surface area contributed by atoms with Gasteiger partial charge in [-0.25, -0.2) is 0 Å². The van der Waals surface area contributed by atoms with Gasteiger partial charge in [-0.1, -0.05) is 13.8 Å². The lowest BCUT2D eigenvalue weighted by Gasteiger charge is -2.35. The molecule has 0 saturated carbocycles. The topological polar surface area (TPSA) is 39.1 Å². The second-order valence-electron chi connectivity index (χ2n) is 5.33. The quantitative estimate of drug-likeness (QED) is 0.775. The van der Waals surface area contributed by atoms with E-state index in [2.05, 4.69) is 30.1 Å². The van der Waals surface area contributed by atoms with Gasteiger partial charge in [-0.2, -0.15) is 5.26 Å². The van der Waals surface area contributed by atoms with Gasteiger partial charge in [0.15, 0.2) is 0 Å². The van der Waals surface area contributed by atoms with Crippen molar-refractivity contribution >= 4 is 0 Å². The largest absolute Gasteiger partial charge is 0.300 e. The summed E-state index contributed by atoms with van der Waals surface area (Å²) < 4.78 is 0. The highest BCUT2D eigenvalue weighted by Gasteiger charge is 2.27. The summed E-state index contributed by atoms with van der Waals surface area (Å²) in [6, 6.07) is 2.42. The van der Waals surface area contributed by atoms with Crippen molar-refractivity contribution < 1.29 is 0 Å². The van der Waals surface area contributed by atoms with E-state index in [0.717, 1.165) is 38.5 Å². The maximum Gasteiger partial charge on any atom is 0.116 e. The Morgan fingerprint density at radius 2 is 2.06 bits per heavy atom. The summed E-state index contributed by atoms with van der Waals surface area (Å²) in [6.45, 7) is 10.5. The minimum Gasteiger partial charge on any atom is -0.300 e. The van der Waals surface area contributed by atoms with Gasteiger partial charge in [-0.05, 0) is 51.7 Å². The highest BCUT2D eigenvalue weighted by atomic mass is 15.2. The van der Waals surface area contributed by atoms with E-state index in [1.165, 1.54) is 12.8 Å². The van der Waals surface area contributed by atoms with Crippen LogP contribution < -0.4 is 5.32 Å². The summed E-state index contributed by atoms with van der Waals surface area (Å²) in [5.41, 5.74) is -0.378. The van der Waals surface area contributed by atoms with Crippen LogP contribution in [-0.2, 0) is 0 Å². The average molecular weight is 223 g/mol. The van der Waals surface area contributed by atoms with Crippen LogP contribution in [0.5, 0.6) is 0 Å². The van der Waals surface area contributed by atoms with Crippen molar-refractivity contribution in [2.75, 3.05) is 26.2 Å². The molecule has 1 heterocycles. The molecular formula is C13H25N3. The molecule has 1 unspecified atom stereocenters. The van der Waals surface area contributed by atoms with Crippen molar-refractivity contribution in [1.82, 2.24) is 10.2 Å². The molecule has 0 aromatic carbocycles. The number of rotatable bonds is 5. The van der Waals surface area contributed by atoms with Crippen molar-refractivity contribution in [3.05, 3.63) is 0 Å². The fourth-order valence-corrected chi connectivity index (χ4v) is 2.20. The minimum absolute atomic E-state index is 0.378. The molecule has 1 atom stereocenters. The highest BCUT2D eigenvalue weighted by molar-refractivity contribution is 5.05. The number of nitriles is 1. The lowest BCUT2D eigenvalue weighted by atomic mass is 9.96. The molecule has 0 aliphatic carbocycles. The van der Waals surface area contributed by atoms with Gasteiger partial charge in [0.1, 0.15) is 5.54 Å². The normalized spacial score (nSPS) is 22.6. The third kappa shape index (κ3) is 4.11. The summed E-state index contributed by atoms with van der Waals surface area (Å²) in [6.07, 6.45) is 3.62. The number of likely N-dealkylation sites (tertiary alicyclic amines) is 1. The van der Waals surface area contributed by atoms with Crippen LogP contribution in [0, 0.1) is 17.2 Å². The first-order chi connectivity index (χ1) is 7.59. The predicted octanol–water partition coefficient (Wildman–Crippen LogP) is 2.00. The Morgan fingerprint density at radius 3 is 2.56 bits per heavy atom. The zero-order chi connectivity index (χ0) is 12.0. The first kappa shape index (κ1) is 13.5. The standard InChI is InChI=1S/C13H25N3/c1-4-7-15-13(3,10-14)11-16-8-5-12(2)6-9-16/h12,15H,4-9,11H2,1-3H3. The predicted molar refractivity (Wildman–Crippen MR) is 67.1 cm³/mol. The van der Waals surface area contributed by atoms with Gasteiger partial charge in [0, 0.05) is 6.54 Å². The SMILES string of the molecule is CCCNC(C)(C#N)CN1CCC(C)CC1. The Hall–Kier alpha value is -0.590. The van der Waals surface area contributed by atoms with E-state index < -0.39 is 0 Å². The van der Waals surface area contributed by atoms with Gasteiger partial charge in [0.25, 0.3) is 0 Å². The molecule has 0 spiro atoms. The maximum atomic E-state index is 9.26. The van der Waals surface area contributed by atoms with Crippen LogP contribution in [0.15, 0.2) is 0 Å². The van der Waals surface area contributed by atoms with Crippen molar-refractivity contribution in [2.45, 2.75) is 45.6 Å². The van der Waals surface area contributed by atoms with Gasteiger partial charge in [0.05, 0.1) is 6.07 Å². The third-order valence-electron chi connectivity index (χ3n) is 3.43. The van der Waals surface area contributed by atoms with E-state index in [1.807, 2.05) is 6.92 Å². The van der Waals surface area contributed by atoms with Gasteiger partial charge in [-0.15, -0.1) is 0 Å². The van der Waals surface area contributed by atoms with Crippen molar-refractivity contribution in [3.63, 3.8) is 0 Å². The number of nitrogens with one attached hydrogen (secondary N) is 1. The van der Waals surface area contributed by atoms with Crippen LogP contribution in [0.3, 0.4) is 0 Å². The van der Waals surface area contributed by atoms with Crippen molar-refractivity contribution in [2.24, 2.45) is 5.92 Å². The van der Waals surface area contributed by atoms with Crippen LogP contribution >= 0.6 is 0 Å². The van der Waals surface area contributed by atoms with Crippen LogP contribution in [0.25, 0.3) is 0 Å². The fraction of sp³-hybridized carbons (Fsp3) is 0.923. The van der Waals surface area contributed by atoms with Crippen LogP contribution in [0.2, 0.25) is 0 Å². The van der Waals surface area contributed by atoms with Crippen molar-refractivity contribution in [3.8, 4) is 6.07 Å². The number of hydrogen-bond donors (Lipinski definition) is 1. The lowest BCUT2D eigenvalue weighted by molar-refractivity contribution is 0.161. The van der Waals surface area contributed by atoms with Crippen LogP contribution in [0.1, 0.15) is 40.0 Å². The van der Waals surface area contributed by atoms with E-state index in [4.69, 9.17) is 0 Å². The Bertz CT molecular complexity index is 238. The summed E-state index contributed by atoms with van der Waals surface area (Å²) in [4.78, 5) is 2.42. The molecular weight excluding hydrogens is 198 g/mol. The molecule has 0 aromatic rings. The number of hydrogen-bond acceptors (Lipinski definition) is 3. The molecule has 1 rings (SSSR count). The van der Waals surface area contributed by atoms with E-state index in [1.54, 1.807) is 0 Å². The molecule has 1 fully saturated rings. The number of piperidine rings is 1. The average Bonchev–Trinajstić information content (AvgIpc) is 2.30. The second kappa shape index (κ2) is 6.22. The monoisotopic (exact) mass is 223 g/mol. The van der Waals surface area contributed by atoms with Crippen LogP contribution in [0.4, 0.5) is 0 Å². The summed E-state index contributed by atoms with van der Waals surface area (Å²) in [5.74, 6) is 0.855. The molecule has 1 N–H and O–H groups in total. The smallest absolute Gasteiger partial charge is 0.116 e. The molecule has 0 radical (unpaired) electrons. The second-order valence-corrected chi connectivity index (χ2v) is 5.33. The molecule has 0 amide bonds. The van der Waals surface area contributed by atoms with E-state index in [0.29, 0.717) is 0 Å². The highest BCUT2D eigenvalue weighted by Crippen LogP contribution is 2.18. The Labute approximate surface area is 99.8 Å². The van der Waals surface area contributed by atoms with Crippen molar-refractivity contribution in [1.29, 1.82) is 5.26 Å². The van der Waals surface area contributed by atoms with Gasteiger partial charge in [-0.3, -0.25) is 5.32 Å². The molecule has 1 aliphatic rings. The summed E-state index contributed by atoms with van der Waals surface area (Å²) >= 11 is 0. The van der Waals surface area contributed by atoms with E-state index in [9.17, 15) is 5.26 Å². The van der Waals surface area contributed by atoms with Gasteiger partial charge < -0.3 is 4.90 Å². The molecule has 0 bridgehead atoms. The molecule has 92 valence electrons. The maximum absolute atomic E-state index is 9.26. The molecule has 1 saturated heterocycles. The summed E-state index contributed by atoms with van der Waals surface area (Å²) in [5, 5.41) is 12.6. The fourth-order valence-electron chi connectivity index (χ4n) is 2.20. The molecule has 0 aromatic heterocycles.